The first-order valence-corrected chi connectivity index (χ1v) is 12.9. The largest absolute Gasteiger partial charge is 0.309 e. The molecule has 0 bridgehead atoms. The average Bonchev–Trinajstić information content (AvgIpc) is 3.51. The molecule has 0 N–H and O–H groups in total. The lowest BCUT2D eigenvalue weighted by atomic mass is 9.98. The van der Waals surface area contributed by atoms with Crippen LogP contribution in [0.15, 0.2) is 140 Å². The number of imidazole rings is 1. The fourth-order valence-electron chi connectivity index (χ4n) is 5.74. The summed E-state index contributed by atoms with van der Waals surface area (Å²) in [6.07, 6.45) is 2.09. The molecule has 3 heteroatoms. The van der Waals surface area contributed by atoms with Gasteiger partial charge in [0.05, 0.1) is 22.1 Å². The molecule has 3 heterocycles. The Kier molecular flexibility index (Phi) is 4.52. The van der Waals surface area contributed by atoms with Gasteiger partial charge in [-0.05, 0) is 70.8 Å². The molecule has 0 aliphatic rings. The molecule has 0 amide bonds. The van der Waals surface area contributed by atoms with Gasteiger partial charge in [0.25, 0.3) is 0 Å². The topological polar surface area (TPSA) is 22.2 Å². The molecule has 178 valence electrons. The van der Waals surface area contributed by atoms with Gasteiger partial charge in [-0.1, -0.05) is 84.9 Å². The molecule has 3 aromatic heterocycles. The Bertz CT molecular complexity index is 2060. The van der Waals surface area contributed by atoms with Gasteiger partial charge in [0.2, 0.25) is 0 Å². The highest BCUT2D eigenvalue weighted by Gasteiger charge is 2.17. The minimum Gasteiger partial charge on any atom is -0.309 e. The van der Waals surface area contributed by atoms with Gasteiger partial charge in [-0.25, -0.2) is 4.98 Å². The van der Waals surface area contributed by atoms with E-state index in [1.807, 2.05) is 6.07 Å². The molecule has 0 saturated carbocycles. The number of hydrogen-bond donors (Lipinski definition) is 0. The zero-order chi connectivity index (χ0) is 25.1. The zero-order valence-corrected chi connectivity index (χ0v) is 20.6. The molecule has 0 atom stereocenters. The number of nitrogens with zero attached hydrogens (tertiary/aromatic N) is 3. The van der Waals surface area contributed by atoms with Crippen LogP contribution in [0.3, 0.4) is 0 Å². The molecule has 0 aliphatic heterocycles. The number of aromatic nitrogens is 3. The molecule has 0 saturated heterocycles. The minimum absolute atomic E-state index is 0.962. The first kappa shape index (κ1) is 21.0. The Balaban J connectivity index is 1.48. The van der Waals surface area contributed by atoms with Crippen molar-refractivity contribution in [3.05, 3.63) is 140 Å². The van der Waals surface area contributed by atoms with Crippen molar-refractivity contribution in [2.45, 2.75) is 0 Å². The smallest absolute Gasteiger partial charge is 0.137 e. The summed E-state index contributed by atoms with van der Waals surface area (Å²) < 4.78 is 4.57. The van der Waals surface area contributed by atoms with Gasteiger partial charge in [0, 0.05) is 22.7 Å². The van der Waals surface area contributed by atoms with Crippen LogP contribution in [0, 0.1) is 0 Å². The summed E-state index contributed by atoms with van der Waals surface area (Å²) in [6.45, 7) is 0. The van der Waals surface area contributed by atoms with Gasteiger partial charge < -0.3 is 4.57 Å². The summed E-state index contributed by atoms with van der Waals surface area (Å²) in [7, 11) is 0. The Hall–Kier alpha value is -5.15. The van der Waals surface area contributed by atoms with Gasteiger partial charge >= 0.3 is 0 Å². The molecule has 38 heavy (non-hydrogen) atoms. The van der Waals surface area contributed by atoms with E-state index in [1.54, 1.807) is 0 Å². The molecule has 5 aromatic carbocycles. The lowest BCUT2D eigenvalue weighted by molar-refractivity contribution is 1.18. The highest BCUT2D eigenvalue weighted by Crippen LogP contribution is 2.37. The quantitative estimate of drug-likeness (QED) is 0.245. The van der Waals surface area contributed by atoms with Crippen LogP contribution >= 0.6 is 0 Å². The zero-order valence-electron chi connectivity index (χ0n) is 20.6. The van der Waals surface area contributed by atoms with E-state index < -0.39 is 0 Å². The van der Waals surface area contributed by atoms with E-state index in [0.29, 0.717) is 0 Å². The lowest BCUT2D eigenvalue weighted by Gasteiger charge is -2.14. The third-order valence-corrected chi connectivity index (χ3v) is 7.49. The molecule has 3 nitrogen and oxygen atoms in total. The van der Waals surface area contributed by atoms with Crippen LogP contribution in [-0.4, -0.2) is 14.0 Å². The number of pyridine rings is 1. The SMILES string of the molecule is c1ccc(-c2cc(-c3ccccc3)cc(-n3c4ccccc4c4cc5c(cc43)nc3ccccn35)c2)cc1. The maximum absolute atomic E-state index is 4.95. The molecule has 0 aliphatic carbocycles. The standard InChI is InChI=1S/C35H23N3/c1-3-11-24(12-4-1)26-19-27(25-13-5-2-6-14-25)21-28(20-26)38-32-16-8-7-15-29(32)30-22-34-31(23-33(30)38)36-35-17-9-10-18-37(34)35/h1-23H. The van der Waals surface area contributed by atoms with Gasteiger partial charge in [-0.2, -0.15) is 0 Å². The second-order valence-electron chi connectivity index (χ2n) is 9.75. The lowest BCUT2D eigenvalue weighted by Crippen LogP contribution is -1.96. The fraction of sp³-hybridized carbons (Fsp3) is 0. The normalized spacial score (nSPS) is 11.7. The van der Waals surface area contributed by atoms with E-state index in [2.05, 4.69) is 143 Å². The van der Waals surface area contributed by atoms with Gasteiger partial charge in [0.1, 0.15) is 5.65 Å². The predicted molar refractivity (Wildman–Crippen MR) is 158 cm³/mol. The van der Waals surface area contributed by atoms with Gasteiger partial charge in [0.15, 0.2) is 0 Å². The van der Waals surface area contributed by atoms with Crippen LogP contribution in [0.5, 0.6) is 0 Å². The Morgan fingerprint density at radius 3 is 1.84 bits per heavy atom. The second kappa shape index (κ2) is 8.19. The highest BCUT2D eigenvalue weighted by molar-refractivity contribution is 6.13. The van der Waals surface area contributed by atoms with Crippen LogP contribution in [0.2, 0.25) is 0 Å². The first-order chi connectivity index (χ1) is 18.8. The molecule has 0 unspecified atom stereocenters. The van der Waals surface area contributed by atoms with Crippen molar-refractivity contribution in [2.75, 3.05) is 0 Å². The third kappa shape index (κ3) is 3.19. The van der Waals surface area contributed by atoms with Crippen LogP contribution in [-0.2, 0) is 0 Å². The number of fused-ring (bicyclic) bond motifs is 6. The van der Waals surface area contributed by atoms with Crippen molar-refractivity contribution in [1.29, 1.82) is 0 Å². The Morgan fingerprint density at radius 1 is 0.447 bits per heavy atom. The molecular weight excluding hydrogens is 462 g/mol. The molecule has 0 fully saturated rings. The first-order valence-electron chi connectivity index (χ1n) is 12.9. The Morgan fingerprint density at radius 2 is 1.11 bits per heavy atom. The maximum Gasteiger partial charge on any atom is 0.137 e. The van der Waals surface area contributed by atoms with Crippen LogP contribution in [0.25, 0.3) is 66.4 Å². The predicted octanol–water partition coefficient (Wildman–Crippen LogP) is 8.92. The average molecular weight is 486 g/mol. The molecule has 8 rings (SSSR count). The van der Waals surface area contributed by atoms with Crippen molar-refractivity contribution in [3.8, 4) is 27.9 Å². The van der Waals surface area contributed by atoms with Gasteiger partial charge in [-0.3, -0.25) is 4.40 Å². The highest BCUT2D eigenvalue weighted by atomic mass is 15.0. The number of para-hydroxylation sites is 1. The van der Waals surface area contributed by atoms with Crippen molar-refractivity contribution in [3.63, 3.8) is 0 Å². The number of hydrogen-bond acceptors (Lipinski definition) is 1. The van der Waals surface area contributed by atoms with Crippen molar-refractivity contribution < 1.29 is 0 Å². The summed E-state index contributed by atoms with van der Waals surface area (Å²) in [5.74, 6) is 0. The maximum atomic E-state index is 4.95. The van der Waals surface area contributed by atoms with Crippen molar-refractivity contribution >= 4 is 38.5 Å². The Labute approximate surface area is 219 Å². The van der Waals surface area contributed by atoms with Crippen LogP contribution in [0.4, 0.5) is 0 Å². The summed E-state index contributed by atoms with van der Waals surface area (Å²) in [5.41, 5.74) is 11.4. The summed E-state index contributed by atoms with van der Waals surface area (Å²) in [5, 5.41) is 2.46. The van der Waals surface area contributed by atoms with E-state index in [-0.39, 0.29) is 0 Å². The van der Waals surface area contributed by atoms with E-state index in [9.17, 15) is 0 Å². The van der Waals surface area contributed by atoms with Crippen LogP contribution in [0.1, 0.15) is 0 Å². The van der Waals surface area contributed by atoms with Gasteiger partial charge in [-0.15, -0.1) is 0 Å². The molecule has 0 spiro atoms. The van der Waals surface area contributed by atoms with Crippen LogP contribution < -0.4 is 0 Å². The van der Waals surface area contributed by atoms with E-state index in [1.165, 1.54) is 38.5 Å². The third-order valence-electron chi connectivity index (χ3n) is 7.49. The minimum atomic E-state index is 0.962. The molecular formula is C35H23N3. The van der Waals surface area contributed by atoms with E-state index >= 15 is 0 Å². The second-order valence-corrected chi connectivity index (χ2v) is 9.75. The van der Waals surface area contributed by atoms with Crippen molar-refractivity contribution in [2.24, 2.45) is 0 Å². The summed E-state index contributed by atoms with van der Waals surface area (Å²) >= 11 is 0. The van der Waals surface area contributed by atoms with Crippen molar-refractivity contribution in [1.82, 2.24) is 14.0 Å². The molecule has 8 aromatic rings. The molecule has 0 radical (unpaired) electrons. The van der Waals surface area contributed by atoms with E-state index in [4.69, 9.17) is 4.98 Å². The number of benzene rings is 5. The monoisotopic (exact) mass is 485 g/mol. The summed E-state index contributed by atoms with van der Waals surface area (Å²) in [4.78, 5) is 4.95. The fourth-order valence-corrected chi connectivity index (χ4v) is 5.74. The number of rotatable bonds is 3. The summed E-state index contributed by atoms with van der Waals surface area (Å²) in [6, 6.07) is 47.6. The van der Waals surface area contributed by atoms with E-state index in [0.717, 1.165) is 27.9 Å².